The quantitative estimate of drug-likeness (QED) is 0.339. The van der Waals surface area contributed by atoms with Gasteiger partial charge in [0.1, 0.15) is 5.75 Å². The molecule has 0 saturated carbocycles. The van der Waals surface area contributed by atoms with E-state index in [-0.39, 0.29) is 21.7 Å². The molecular formula is C35H49O2P. The maximum atomic E-state index is 11.8. The van der Waals surface area contributed by atoms with E-state index < -0.39 is 8.38 Å². The number of hydrogen-bond donors (Lipinski definition) is 1. The Morgan fingerprint density at radius 3 is 1.55 bits per heavy atom. The molecule has 38 heavy (non-hydrogen) atoms. The third-order valence-corrected chi connectivity index (χ3v) is 8.28. The van der Waals surface area contributed by atoms with Gasteiger partial charge < -0.3 is 9.42 Å². The van der Waals surface area contributed by atoms with E-state index in [4.69, 9.17) is 4.52 Å². The predicted octanol–water partition coefficient (Wildman–Crippen LogP) is 9.86. The van der Waals surface area contributed by atoms with Gasteiger partial charge in [-0.2, -0.15) is 0 Å². The van der Waals surface area contributed by atoms with Crippen molar-refractivity contribution >= 4 is 13.7 Å². The minimum Gasteiger partial charge on any atom is -0.443 e. The summed E-state index contributed by atoms with van der Waals surface area (Å²) < 4.78 is 6.66. The Balaban J connectivity index is 2.21. The third-order valence-electron chi connectivity index (χ3n) is 7.12. The van der Waals surface area contributed by atoms with Crippen LogP contribution in [0.25, 0.3) is 11.1 Å². The maximum Gasteiger partial charge on any atom is 0.262 e. The first-order chi connectivity index (χ1) is 17.2. The second kappa shape index (κ2) is 10.4. The van der Waals surface area contributed by atoms with Gasteiger partial charge in [-0.15, -0.1) is 0 Å². The zero-order valence-corrected chi connectivity index (χ0v) is 26.9. The largest absolute Gasteiger partial charge is 0.443 e. The molecule has 2 nitrogen and oxygen atoms in total. The average Bonchev–Trinajstić information content (AvgIpc) is 2.77. The highest BCUT2D eigenvalue weighted by molar-refractivity contribution is 7.55. The molecule has 0 fully saturated rings. The number of hydrogen-bond acceptors (Lipinski definition) is 2. The van der Waals surface area contributed by atoms with Gasteiger partial charge in [0.05, 0.1) is 0 Å². The molecule has 3 heteroatoms. The fraction of sp³-hybridized carbons (Fsp3) is 0.486. The normalized spacial score (nSPS) is 13.9. The third kappa shape index (κ3) is 6.70. The predicted molar refractivity (Wildman–Crippen MR) is 167 cm³/mol. The molecule has 0 bridgehead atoms. The molecule has 3 rings (SSSR count). The first kappa shape index (κ1) is 30.4. The van der Waals surface area contributed by atoms with E-state index in [1.807, 2.05) is 12.1 Å². The lowest BCUT2D eigenvalue weighted by molar-refractivity contribution is 0.459. The smallest absolute Gasteiger partial charge is 0.262 e. The molecule has 206 valence electrons. The highest BCUT2D eigenvalue weighted by Gasteiger charge is 2.31. The molecule has 0 aromatic heterocycles. The van der Waals surface area contributed by atoms with Gasteiger partial charge in [0.2, 0.25) is 0 Å². The average molecular weight is 533 g/mol. The number of benzene rings is 3. The summed E-state index contributed by atoms with van der Waals surface area (Å²) in [6.45, 7) is 28.9. The van der Waals surface area contributed by atoms with Gasteiger partial charge in [-0.25, -0.2) is 0 Å². The van der Waals surface area contributed by atoms with Gasteiger partial charge in [0, 0.05) is 16.4 Å². The van der Waals surface area contributed by atoms with Crippen molar-refractivity contribution in [1.29, 1.82) is 0 Å². The fourth-order valence-corrected chi connectivity index (χ4v) is 5.94. The molecule has 0 aliphatic carbocycles. The topological polar surface area (TPSA) is 29.5 Å². The molecule has 1 atom stereocenters. The highest BCUT2D eigenvalue weighted by Crippen LogP contribution is 2.47. The Bertz CT molecular complexity index is 1260. The van der Waals surface area contributed by atoms with Crippen LogP contribution >= 0.6 is 8.38 Å². The molecular weight excluding hydrogens is 483 g/mol. The lowest BCUT2D eigenvalue weighted by Crippen LogP contribution is -2.21. The number of rotatable bonds is 4. The molecule has 1 unspecified atom stereocenters. The molecule has 3 aromatic rings. The Labute approximate surface area is 233 Å². The zero-order chi connectivity index (χ0) is 28.8. The molecule has 1 N–H and O–H groups in total. The van der Waals surface area contributed by atoms with Crippen molar-refractivity contribution in [2.45, 2.75) is 112 Å². The van der Waals surface area contributed by atoms with E-state index in [1.54, 1.807) is 0 Å². The minimum atomic E-state index is -1.91. The lowest BCUT2D eigenvalue weighted by Gasteiger charge is -2.32. The van der Waals surface area contributed by atoms with Crippen molar-refractivity contribution in [3.8, 4) is 16.9 Å². The van der Waals surface area contributed by atoms with Crippen LogP contribution in [-0.2, 0) is 21.7 Å². The molecule has 0 saturated heterocycles. The Morgan fingerprint density at radius 2 is 1.08 bits per heavy atom. The second-order valence-electron chi connectivity index (χ2n) is 14.8. The van der Waals surface area contributed by atoms with Crippen LogP contribution in [0.3, 0.4) is 0 Å². The summed E-state index contributed by atoms with van der Waals surface area (Å²) in [5, 5.41) is 0.844. The lowest BCUT2D eigenvalue weighted by atomic mass is 9.77. The van der Waals surface area contributed by atoms with Crippen LogP contribution in [0.4, 0.5) is 0 Å². The summed E-state index contributed by atoms with van der Waals surface area (Å²) in [4.78, 5) is 11.8. The van der Waals surface area contributed by atoms with Gasteiger partial charge >= 0.3 is 0 Å². The highest BCUT2D eigenvalue weighted by atomic mass is 31.2. The Hall–Kier alpha value is -2.15. The number of aryl methyl sites for hydroxylation is 1. The Kier molecular flexibility index (Phi) is 8.35. The van der Waals surface area contributed by atoms with Crippen LogP contribution in [0.2, 0.25) is 0 Å². The molecule has 0 aliphatic rings. The summed E-state index contributed by atoms with van der Waals surface area (Å²) in [7, 11) is -1.91. The minimum absolute atomic E-state index is 0.0570. The van der Waals surface area contributed by atoms with Gasteiger partial charge in [-0.1, -0.05) is 137 Å². The van der Waals surface area contributed by atoms with Crippen molar-refractivity contribution in [3.05, 3.63) is 82.4 Å². The van der Waals surface area contributed by atoms with E-state index in [2.05, 4.69) is 132 Å². The molecule has 0 radical (unpaired) electrons. The molecule has 0 heterocycles. The first-order valence-corrected chi connectivity index (χ1v) is 15.0. The van der Waals surface area contributed by atoms with Crippen molar-refractivity contribution in [2.75, 3.05) is 0 Å². The summed E-state index contributed by atoms with van der Waals surface area (Å²) in [5.74, 6) is 0.818. The maximum absolute atomic E-state index is 11.8. The summed E-state index contributed by atoms with van der Waals surface area (Å²) in [5.41, 5.74) is 8.01. The summed E-state index contributed by atoms with van der Waals surface area (Å²) >= 11 is 0. The van der Waals surface area contributed by atoms with E-state index in [0.717, 1.165) is 33.3 Å². The van der Waals surface area contributed by atoms with Crippen molar-refractivity contribution in [2.24, 2.45) is 0 Å². The van der Waals surface area contributed by atoms with Crippen LogP contribution in [-0.4, -0.2) is 4.89 Å². The molecule has 0 amide bonds. The van der Waals surface area contributed by atoms with Crippen LogP contribution in [0.1, 0.15) is 111 Å². The van der Waals surface area contributed by atoms with Gasteiger partial charge in [-0.3, -0.25) is 0 Å². The molecule has 0 aliphatic heterocycles. The fourth-order valence-electron chi connectivity index (χ4n) is 4.86. The molecule has 0 spiro atoms. The van der Waals surface area contributed by atoms with Gasteiger partial charge in [0.25, 0.3) is 8.38 Å². The van der Waals surface area contributed by atoms with Crippen LogP contribution in [0.5, 0.6) is 5.75 Å². The summed E-state index contributed by atoms with van der Waals surface area (Å²) in [6, 6.07) is 19.4. The zero-order valence-electron chi connectivity index (χ0n) is 26.0. The van der Waals surface area contributed by atoms with E-state index in [9.17, 15) is 4.89 Å². The van der Waals surface area contributed by atoms with E-state index >= 15 is 0 Å². The SMILES string of the molecule is Cc1cc(C(C)(C)C)c(OP(O)c2ccccc2-c2ccc(C(C)(C)C)cc2C(C)(C)C)c(C(C)(C)C)c1. The molecule has 3 aromatic carbocycles. The Morgan fingerprint density at radius 1 is 0.579 bits per heavy atom. The standard InChI is InChI=1S/C35H49O2P/c1-23-20-28(34(8,9)10)31(29(21-23)35(11,12)13)37-38(36)30-17-15-14-16-26(30)25-19-18-24(32(2,3)4)22-27(25)33(5,6)7/h14-22,36H,1-13H3. The van der Waals surface area contributed by atoms with E-state index in [0.29, 0.717) is 0 Å². The van der Waals surface area contributed by atoms with Crippen molar-refractivity contribution < 1.29 is 9.42 Å². The van der Waals surface area contributed by atoms with Gasteiger partial charge in [-0.05, 0) is 56.9 Å². The van der Waals surface area contributed by atoms with Gasteiger partial charge in [0.15, 0.2) is 0 Å². The van der Waals surface area contributed by atoms with E-state index in [1.165, 1.54) is 16.7 Å². The van der Waals surface area contributed by atoms with Crippen molar-refractivity contribution in [3.63, 3.8) is 0 Å². The van der Waals surface area contributed by atoms with Crippen LogP contribution in [0, 0.1) is 6.92 Å². The second-order valence-corrected chi connectivity index (χ2v) is 16.0. The van der Waals surface area contributed by atoms with Crippen LogP contribution in [0.15, 0.2) is 54.6 Å². The first-order valence-electron chi connectivity index (χ1n) is 13.8. The summed E-state index contributed by atoms with van der Waals surface area (Å²) in [6.07, 6.45) is 0. The monoisotopic (exact) mass is 532 g/mol. The van der Waals surface area contributed by atoms with Crippen LogP contribution < -0.4 is 9.83 Å². The van der Waals surface area contributed by atoms with Crippen molar-refractivity contribution in [1.82, 2.24) is 0 Å².